The largest absolute Gasteiger partial charge is 0.481 e. The Labute approximate surface area is 144 Å². The molecule has 0 saturated carbocycles. The highest BCUT2D eigenvalue weighted by Gasteiger charge is 2.02. The minimum Gasteiger partial charge on any atom is -0.481 e. The Morgan fingerprint density at radius 2 is 2.00 bits per heavy atom. The molecule has 0 unspecified atom stereocenters. The molecule has 0 amide bonds. The topological polar surface area (TPSA) is 58.5 Å². The molecule has 1 aromatic heterocycles. The van der Waals surface area contributed by atoms with Crippen molar-refractivity contribution in [3.05, 3.63) is 58.8 Å². The van der Waals surface area contributed by atoms with E-state index in [2.05, 4.69) is 59.6 Å². The van der Waals surface area contributed by atoms with Gasteiger partial charge in [-0.15, -0.1) is 0 Å². The second-order valence-corrected chi connectivity index (χ2v) is 5.69. The maximum Gasteiger partial charge on any atom is 0.213 e. The predicted octanol–water partition coefficient (Wildman–Crippen LogP) is 2.96. The number of guanidine groups is 1. The van der Waals surface area contributed by atoms with Crippen LogP contribution >= 0.6 is 0 Å². The lowest BCUT2D eigenvalue weighted by molar-refractivity contribution is 0.397. The van der Waals surface area contributed by atoms with Gasteiger partial charge in [0.25, 0.3) is 0 Å². The molecule has 0 aliphatic carbocycles. The van der Waals surface area contributed by atoms with Gasteiger partial charge in [-0.1, -0.05) is 23.8 Å². The average Bonchev–Trinajstić information content (AvgIpc) is 2.59. The van der Waals surface area contributed by atoms with Crippen LogP contribution in [0.5, 0.6) is 5.88 Å². The Bertz CT molecular complexity index is 698. The number of nitrogens with zero attached hydrogens (tertiary/aromatic N) is 2. The van der Waals surface area contributed by atoms with Crippen LogP contribution in [0.1, 0.15) is 29.2 Å². The summed E-state index contributed by atoms with van der Waals surface area (Å²) in [6.45, 7) is 8.44. The van der Waals surface area contributed by atoms with E-state index in [1.807, 2.05) is 12.1 Å². The van der Waals surface area contributed by atoms with Gasteiger partial charge in [-0.05, 0) is 43.5 Å². The van der Waals surface area contributed by atoms with Gasteiger partial charge in [0, 0.05) is 25.4 Å². The van der Waals surface area contributed by atoms with E-state index in [0.717, 1.165) is 24.6 Å². The fraction of sp³-hybridized carbons (Fsp3) is 0.368. The fourth-order valence-corrected chi connectivity index (χ4v) is 2.40. The molecule has 0 aliphatic rings. The second-order valence-electron chi connectivity index (χ2n) is 5.69. The number of aromatic nitrogens is 1. The quantitative estimate of drug-likeness (QED) is 0.633. The first-order chi connectivity index (χ1) is 11.6. The Hall–Kier alpha value is -2.56. The smallest absolute Gasteiger partial charge is 0.213 e. The van der Waals surface area contributed by atoms with Gasteiger partial charge in [-0.25, -0.2) is 9.98 Å². The van der Waals surface area contributed by atoms with Crippen molar-refractivity contribution in [2.75, 3.05) is 13.7 Å². The van der Waals surface area contributed by atoms with Crippen molar-refractivity contribution in [2.45, 2.75) is 33.9 Å². The summed E-state index contributed by atoms with van der Waals surface area (Å²) in [5.41, 5.74) is 4.91. The van der Waals surface area contributed by atoms with Crippen molar-refractivity contribution in [1.29, 1.82) is 0 Å². The van der Waals surface area contributed by atoms with E-state index in [4.69, 9.17) is 4.74 Å². The zero-order chi connectivity index (χ0) is 17.4. The van der Waals surface area contributed by atoms with E-state index in [9.17, 15) is 0 Å². The summed E-state index contributed by atoms with van der Waals surface area (Å²) >= 11 is 0. The zero-order valence-corrected chi connectivity index (χ0v) is 14.9. The summed E-state index contributed by atoms with van der Waals surface area (Å²) in [5.74, 6) is 1.41. The molecule has 0 atom stereocenters. The van der Waals surface area contributed by atoms with Gasteiger partial charge in [-0.3, -0.25) is 0 Å². The van der Waals surface area contributed by atoms with Crippen LogP contribution in [0.25, 0.3) is 0 Å². The molecule has 2 aromatic rings. The second kappa shape index (κ2) is 8.91. The molecular formula is C19H26N4O. The number of benzene rings is 1. The minimum atomic E-state index is 0.571. The molecule has 0 aliphatic heterocycles. The highest BCUT2D eigenvalue weighted by molar-refractivity contribution is 5.79. The molecule has 1 heterocycles. The van der Waals surface area contributed by atoms with Crippen molar-refractivity contribution >= 4 is 5.96 Å². The van der Waals surface area contributed by atoms with Crippen molar-refractivity contribution in [3.63, 3.8) is 0 Å². The summed E-state index contributed by atoms with van der Waals surface area (Å²) < 4.78 is 5.15. The van der Waals surface area contributed by atoms with Crippen molar-refractivity contribution in [2.24, 2.45) is 4.99 Å². The number of pyridine rings is 1. The van der Waals surface area contributed by atoms with Crippen molar-refractivity contribution in [1.82, 2.24) is 15.6 Å². The first kappa shape index (κ1) is 17.8. The highest BCUT2D eigenvalue weighted by atomic mass is 16.5. The van der Waals surface area contributed by atoms with E-state index in [1.165, 1.54) is 16.7 Å². The van der Waals surface area contributed by atoms with Gasteiger partial charge >= 0.3 is 0 Å². The first-order valence-electron chi connectivity index (χ1n) is 8.19. The summed E-state index contributed by atoms with van der Waals surface area (Å²) in [6.07, 6.45) is 1.74. The Morgan fingerprint density at radius 3 is 2.71 bits per heavy atom. The molecule has 0 bridgehead atoms. The maximum atomic E-state index is 5.15. The molecule has 0 fully saturated rings. The number of hydrogen-bond acceptors (Lipinski definition) is 3. The number of aliphatic imine (C=N–C) groups is 1. The molecule has 0 saturated heterocycles. The number of aryl methyl sites for hydroxylation is 2. The normalized spacial score (nSPS) is 11.2. The monoisotopic (exact) mass is 326 g/mol. The van der Waals surface area contributed by atoms with E-state index in [0.29, 0.717) is 12.4 Å². The number of methoxy groups -OCH3 is 1. The highest BCUT2D eigenvalue weighted by Crippen LogP contribution is 2.11. The van der Waals surface area contributed by atoms with Crippen LogP contribution in [0.2, 0.25) is 0 Å². The van der Waals surface area contributed by atoms with Crippen LogP contribution in [-0.4, -0.2) is 24.6 Å². The number of ether oxygens (including phenoxy) is 1. The van der Waals surface area contributed by atoms with Crippen LogP contribution in [-0.2, 0) is 13.1 Å². The average molecular weight is 326 g/mol. The molecule has 2 N–H and O–H groups in total. The third kappa shape index (κ3) is 5.26. The molecular weight excluding hydrogens is 300 g/mol. The minimum absolute atomic E-state index is 0.571. The van der Waals surface area contributed by atoms with Gasteiger partial charge in [0.1, 0.15) is 0 Å². The lowest BCUT2D eigenvalue weighted by Crippen LogP contribution is -2.36. The zero-order valence-electron chi connectivity index (χ0n) is 14.9. The molecule has 128 valence electrons. The van der Waals surface area contributed by atoms with Gasteiger partial charge in [0.2, 0.25) is 5.88 Å². The van der Waals surface area contributed by atoms with E-state index in [-0.39, 0.29) is 0 Å². The Morgan fingerprint density at radius 1 is 1.17 bits per heavy atom. The number of hydrogen-bond donors (Lipinski definition) is 2. The predicted molar refractivity (Wildman–Crippen MR) is 98.4 cm³/mol. The van der Waals surface area contributed by atoms with E-state index >= 15 is 0 Å². The SMILES string of the molecule is CCNC(=NCc1ccnc(OC)c1)NCc1ccc(C)cc1C. The van der Waals surface area contributed by atoms with Crippen LogP contribution in [0, 0.1) is 13.8 Å². The summed E-state index contributed by atoms with van der Waals surface area (Å²) in [5, 5.41) is 6.66. The first-order valence-corrected chi connectivity index (χ1v) is 8.19. The van der Waals surface area contributed by atoms with E-state index in [1.54, 1.807) is 13.3 Å². The van der Waals surface area contributed by atoms with Gasteiger partial charge in [0.05, 0.1) is 13.7 Å². The third-order valence-corrected chi connectivity index (χ3v) is 3.72. The molecule has 2 rings (SSSR count). The maximum absolute atomic E-state index is 5.15. The number of rotatable bonds is 6. The summed E-state index contributed by atoms with van der Waals surface area (Å²) in [4.78, 5) is 8.74. The molecule has 5 heteroatoms. The lowest BCUT2D eigenvalue weighted by atomic mass is 10.1. The van der Waals surface area contributed by atoms with Crippen molar-refractivity contribution < 1.29 is 4.74 Å². The standard InChI is InChI=1S/C19H26N4O/c1-5-20-19(22-12-16-8-9-21-18(11-16)24-4)23-13-17-7-6-14(2)10-15(17)3/h6-11H,5,12-13H2,1-4H3,(H2,20,22,23). The van der Waals surface area contributed by atoms with E-state index < -0.39 is 0 Å². The van der Waals surface area contributed by atoms with Crippen LogP contribution in [0.4, 0.5) is 0 Å². The third-order valence-electron chi connectivity index (χ3n) is 3.72. The molecule has 0 spiro atoms. The molecule has 24 heavy (non-hydrogen) atoms. The summed E-state index contributed by atoms with van der Waals surface area (Å²) in [7, 11) is 1.62. The molecule has 0 radical (unpaired) electrons. The van der Waals surface area contributed by atoms with Gasteiger partial charge in [-0.2, -0.15) is 0 Å². The van der Waals surface area contributed by atoms with Crippen molar-refractivity contribution in [3.8, 4) is 5.88 Å². The van der Waals surface area contributed by atoms with Gasteiger partial charge in [0.15, 0.2) is 5.96 Å². The number of nitrogens with one attached hydrogen (secondary N) is 2. The Balaban J connectivity index is 2.02. The van der Waals surface area contributed by atoms with Crippen LogP contribution in [0.3, 0.4) is 0 Å². The lowest BCUT2D eigenvalue weighted by Gasteiger charge is -2.13. The van der Waals surface area contributed by atoms with Gasteiger partial charge < -0.3 is 15.4 Å². The Kier molecular flexibility index (Phi) is 6.61. The van der Waals surface area contributed by atoms with Crippen LogP contribution < -0.4 is 15.4 Å². The molecule has 5 nitrogen and oxygen atoms in total. The molecule has 1 aromatic carbocycles. The fourth-order valence-electron chi connectivity index (χ4n) is 2.40. The van der Waals surface area contributed by atoms with Crippen LogP contribution in [0.15, 0.2) is 41.5 Å². The summed E-state index contributed by atoms with van der Waals surface area (Å²) in [6, 6.07) is 10.3.